The summed E-state index contributed by atoms with van der Waals surface area (Å²) in [4.78, 5) is 14.8. The molecule has 0 radical (unpaired) electrons. The van der Waals surface area contributed by atoms with E-state index in [9.17, 15) is 4.79 Å². The second-order valence-corrected chi connectivity index (χ2v) is 6.11. The van der Waals surface area contributed by atoms with E-state index < -0.39 is 0 Å². The number of carbonyl (C=O) groups is 1. The van der Waals surface area contributed by atoms with Crippen LogP contribution in [0.4, 0.5) is 0 Å². The van der Waals surface area contributed by atoms with Crippen molar-refractivity contribution in [2.75, 3.05) is 6.54 Å². The van der Waals surface area contributed by atoms with Crippen molar-refractivity contribution in [3.8, 4) is 0 Å². The first-order valence-electron chi connectivity index (χ1n) is 7.79. The highest BCUT2D eigenvalue weighted by atomic mass is 16.5. The summed E-state index contributed by atoms with van der Waals surface area (Å²) >= 11 is 0. The number of fused-ring (bicyclic) bond motifs is 1. The van der Waals surface area contributed by atoms with Gasteiger partial charge in [-0.2, -0.15) is 0 Å². The van der Waals surface area contributed by atoms with Gasteiger partial charge < -0.3 is 14.7 Å². The maximum Gasteiger partial charge on any atom is 0.254 e. The lowest BCUT2D eigenvalue weighted by Crippen LogP contribution is -2.30. The lowest BCUT2D eigenvalue weighted by atomic mass is 10.0. The summed E-state index contributed by atoms with van der Waals surface area (Å²) in [6.45, 7) is 4.43. The first-order valence-corrected chi connectivity index (χ1v) is 7.79. The van der Waals surface area contributed by atoms with Gasteiger partial charge in [-0.25, -0.2) is 0 Å². The number of hydrogen-bond donors (Lipinski definition) is 1. The molecule has 2 aliphatic rings. The number of aromatic nitrogens is 1. The molecule has 1 fully saturated rings. The Labute approximate surface area is 129 Å². The molecule has 1 atom stereocenters. The molecule has 5 nitrogen and oxygen atoms in total. The molecule has 1 aromatic carbocycles. The lowest BCUT2D eigenvalue weighted by molar-refractivity contribution is 0.0714. The first-order chi connectivity index (χ1) is 10.7. The Morgan fingerprint density at radius 2 is 2.18 bits per heavy atom. The molecule has 0 spiro atoms. The molecule has 114 valence electrons. The highest BCUT2D eigenvalue weighted by molar-refractivity contribution is 5.95. The maximum absolute atomic E-state index is 12.9. The predicted octanol–water partition coefficient (Wildman–Crippen LogP) is 2.56. The normalized spacial score (nSPS) is 20.4. The average Bonchev–Trinajstić information content (AvgIpc) is 3.25. The summed E-state index contributed by atoms with van der Waals surface area (Å²) in [5, 5.41) is 7.27. The van der Waals surface area contributed by atoms with Crippen molar-refractivity contribution >= 4 is 5.91 Å². The van der Waals surface area contributed by atoms with Crippen molar-refractivity contribution in [1.82, 2.24) is 15.4 Å². The third-order valence-electron chi connectivity index (χ3n) is 4.57. The Kier molecular flexibility index (Phi) is 3.22. The zero-order valence-electron chi connectivity index (χ0n) is 12.6. The van der Waals surface area contributed by atoms with E-state index in [-0.39, 0.29) is 11.9 Å². The van der Waals surface area contributed by atoms with Crippen LogP contribution in [0, 0.1) is 6.92 Å². The molecular weight excluding hydrogens is 278 g/mol. The zero-order valence-corrected chi connectivity index (χ0v) is 12.6. The number of hydrogen-bond acceptors (Lipinski definition) is 4. The molecule has 0 saturated carbocycles. The van der Waals surface area contributed by atoms with Crippen LogP contribution < -0.4 is 5.32 Å². The summed E-state index contributed by atoms with van der Waals surface area (Å²) in [6.07, 6.45) is 1.94. The largest absolute Gasteiger partial charge is 0.359 e. The second kappa shape index (κ2) is 5.25. The summed E-state index contributed by atoms with van der Waals surface area (Å²) in [5.41, 5.74) is 4.15. The van der Waals surface area contributed by atoms with Gasteiger partial charge >= 0.3 is 0 Å². The fourth-order valence-electron chi connectivity index (χ4n) is 3.44. The number of likely N-dealkylation sites (tertiary alicyclic amines) is 1. The molecule has 4 rings (SSSR count). The van der Waals surface area contributed by atoms with Crippen LogP contribution in [-0.4, -0.2) is 22.5 Å². The molecule has 3 heterocycles. The van der Waals surface area contributed by atoms with Crippen molar-refractivity contribution in [1.29, 1.82) is 0 Å². The van der Waals surface area contributed by atoms with Gasteiger partial charge in [0, 0.05) is 31.3 Å². The second-order valence-electron chi connectivity index (χ2n) is 6.11. The Morgan fingerprint density at radius 1 is 1.32 bits per heavy atom. The van der Waals surface area contributed by atoms with E-state index in [1.807, 2.05) is 30.0 Å². The highest BCUT2D eigenvalue weighted by Gasteiger charge is 2.33. The topological polar surface area (TPSA) is 58.4 Å². The van der Waals surface area contributed by atoms with E-state index in [0.29, 0.717) is 0 Å². The number of carbonyl (C=O) groups excluding carboxylic acids is 1. The average molecular weight is 297 g/mol. The molecule has 0 bridgehead atoms. The van der Waals surface area contributed by atoms with Crippen LogP contribution in [0.3, 0.4) is 0 Å². The Morgan fingerprint density at radius 3 is 3.00 bits per heavy atom. The van der Waals surface area contributed by atoms with Gasteiger partial charge in [0.2, 0.25) is 0 Å². The van der Waals surface area contributed by atoms with Gasteiger partial charge in [0.25, 0.3) is 5.91 Å². The van der Waals surface area contributed by atoms with Crippen molar-refractivity contribution in [2.45, 2.75) is 38.9 Å². The molecule has 2 aliphatic heterocycles. The third-order valence-corrected chi connectivity index (χ3v) is 4.57. The van der Waals surface area contributed by atoms with Gasteiger partial charge in [-0.15, -0.1) is 0 Å². The Balaban J connectivity index is 1.61. The van der Waals surface area contributed by atoms with E-state index in [2.05, 4.69) is 16.5 Å². The fourth-order valence-corrected chi connectivity index (χ4v) is 3.44. The minimum atomic E-state index is 0.0140. The predicted molar refractivity (Wildman–Crippen MR) is 81.2 cm³/mol. The molecule has 1 N–H and O–H groups in total. The maximum atomic E-state index is 12.9. The fraction of sp³-hybridized carbons (Fsp3) is 0.412. The van der Waals surface area contributed by atoms with E-state index in [1.165, 1.54) is 11.1 Å². The van der Waals surface area contributed by atoms with Crippen LogP contribution in [-0.2, 0) is 13.1 Å². The first kappa shape index (κ1) is 13.5. The molecule has 1 unspecified atom stereocenters. The monoisotopic (exact) mass is 297 g/mol. The number of amides is 1. The van der Waals surface area contributed by atoms with Crippen molar-refractivity contribution in [3.63, 3.8) is 0 Å². The standard InChI is InChI=1S/C17H19N3O2/c1-11-7-16(22-19-11)15-3-2-6-20(15)17(21)12-4-5-13-9-18-10-14(13)8-12/h4-5,7-8,15,18H,2-3,6,9-10H2,1H3. The summed E-state index contributed by atoms with van der Waals surface area (Å²) in [7, 11) is 0. The Bertz CT molecular complexity index is 722. The van der Waals surface area contributed by atoms with Crippen LogP contribution in [0.25, 0.3) is 0 Å². The summed E-state index contributed by atoms with van der Waals surface area (Å²) < 4.78 is 5.38. The molecule has 1 saturated heterocycles. The van der Waals surface area contributed by atoms with Crippen LogP contribution >= 0.6 is 0 Å². The number of nitrogens with zero attached hydrogens (tertiary/aromatic N) is 2. The van der Waals surface area contributed by atoms with Gasteiger partial charge in [0.1, 0.15) is 0 Å². The number of nitrogens with one attached hydrogen (secondary N) is 1. The quantitative estimate of drug-likeness (QED) is 0.925. The molecule has 5 heteroatoms. The minimum Gasteiger partial charge on any atom is -0.359 e. The number of rotatable bonds is 2. The van der Waals surface area contributed by atoms with E-state index >= 15 is 0 Å². The smallest absolute Gasteiger partial charge is 0.254 e. The number of aryl methyl sites for hydroxylation is 1. The van der Waals surface area contributed by atoms with E-state index in [1.54, 1.807) is 0 Å². The van der Waals surface area contributed by atoms with Crippen LogP contribution in [0.1, 0.15) is 51.8 Å². The molecule has 2 aromatic rings. The van der Waals surface area contributed by atoms with Gasteiger partial charge in [0.05, 0.1) is 11.7 Å². The van der Waals surface area contributed by atoms with Crippen LogP contribution in [0.15, 0.2) is 28.8 Å². The van der Waals surface area contributed by atoms with Crippen LogP contribution in [0.2, 0.25) is 0 Å². The molecule has 0 aliphatic carbocycles. The molecule has 1 amide bonds. The van der Waals surface area contributed by atoms with Gasteiger partial charge in [-0.1, -0.05) is 11.2 Å². The van der Waals surface area contributed by atoms with Gasteiger partial charge in [-0.05, 0) is 43.0 Å². The zero-order chi connectivity index (χ0) is 15.1. The summed E-state index contributed by atoms with van der Waals surface area (Å²) in [6, 6.07) is 7.98. The highest BCUT2D eigenvalue weighted by Crippen LogP contribution is 2.33. The van der Waals surface area contributed by atoms with Gasteiger partial charge in [-0.3, -0.25) is 4.79 Å². The molecule has 1 aromatic heterocycles. The third kappa shape index (κ3) is 2.22. The molecule has 22 heavy (non-hydrogen) atoms. The van der Waals surface area contributed by atoms with Crippen molar-refractivity contribution in [2.24, 2.45) is 0 Å². The van der Waals surface area contributed by atoms with Crippen molar-refractivity contribution in [3.05, 3.63) is 52.4 Å². The van der Waals surface area contributed by atoms with E-state index in [0.717, 1.165) is 49.5 Å². The lowest BCUT2D eigenvalue weighted by Gasteiger charge is -2.23. The van der Waals surface area contributed by atoms with Gasteiger partial charge in [0.15, 0.2) is 5.76 Å². The number of benzene rings is 1. The SMILES string of the molecule is Cc1cc(C2CCCN2C(=O)c2ccc3c(c2)CNC3)on1. The Hall–Kier alpha value is -2.14. The van der Waals surface area contributed by atoms with Crippen LogP contribution in [0.5, 0.6) is 0 Å². The molecular formula is C17H19N3O2. The minimum absolute atomic E-state index is 0.0140. The van der Waals surface area contributed by atoms with E-state index in [4.69, 9.17) is 4.52 Å². The summed E-state index contributed by atoms with van der Waals surface area (Å²) in [5.74, 6) is 0.887. The van der Waals surface area contributed by atoms with Crippen molar-refractivity contribution < 1.29 is 9.32 Å².